The van der Waals surface area contributed by atoms with Crippen LogP contribution in [0.2, 0.25) is 5.02 Å². The number of benzene rings is 2. The minimum Gasteiger partial charge on any atom is -0.481 e. The molecular weight excluding hydrogens is 372 g/mol. The lowest BCUT2D eigenvalue weighted by Gasteiger charge is -2.33. The largest absolute Gasteiger partial charge is 0.481 e. The number of nitrogens with zero attached hydrogens (tertiary/aromatic N) is 1. The highest BCUT2D eigenvalue weighted by molar-refractivity contribution is 6.30. The van der Waals surface area contributed by atoms with Gasteiger partial charge in [-0.05, 0) is 68.5 Å². The van der Waals surface area contributed by atoms with Crippen molar-refractivity contribution in [3.05, 3.63) is 59.1 Å². The van der Waals surface area contributed by atoms with Gasteiger partial charge in [-0.3, -0.25) is 4.79 Å². The molecule has 3 rings (SSSR count). The molecule has 2 aromatic carbocycles. The number of carbonyl (C=O) groups is 1. The van der Waals surface area contributed by atoms with Crippen LogP contribution in [0.25, 0.3) is 0 Å². The molecule has 3 atom stereocenters. The van der Waals surface area contributed by atoms with Crippen molar-refractivity contribution in [2.75, 3.05) is 18.0 Å². The number of hydrogen-bond acceptors (Lipinski definition) is 3. The van der Waals surface area contributed by atoms with Crippen molar-refractivity contribution >= 4 is 23.2 Å². The van der Waals surface area contributed by atoms with Crippen molar-refractivity contribution in [1.29, 1.82) is 0 Å². The van der Waals surface area contributed by atoms with Gasteiger partial charge in [0.25, 0.3) is 5.91 Å². The van der Waals surface area contributed by atoms with Crippen LogP contribution in [0, 0.1) is 5.92 Å². The summed E-state index contributed by atoms with van der Waals surface area (Å²) < 4.78 is 5.70. The third-order valence-corrected chi connectivity index (χ3v) is 5.49. The van der Waals surface area contributed by atoms with Gasteiger partial charge in [-0.25, -0.2) is 0 Å². The second-order valence-electron chi connectivity index (χ2n) is 7.73. The van der Waals surface area contributed by atoms with Crippen molar-refractivity contribution in [3.8, 4) is 5.75 Å². The lowest BCUT2D eigenvalue weighted by Crippen LogP contribution is -2.37. The second-order valence-corrected chi connectivity index (χ2v) is 8.17. The first-order valence-corrected chi connectivity index (χ1v) is 10.4. The number of nitrogens with one attached hydrogen (secondary N) is 1. The van der Waals surface area contributed by atoms with Gasteiger partial charge >= 0.3 is 0 Å². The highest BCUT2D eigenvalue weighted by Gasteiger charge is 2.19. The number of piperidine rings is 1. The Kier molecular flexibility index (Phi) is 6.84. The van der Waals surface area contributed by atoms with Crippen LogP contribution in [0.15, 0.2) is 48.5 Å². The van der Waals surface area contributed by atoms with Crippen molar-refractivity contribution in [2.24, 2.45) is 5.92 Å². The molecule has 4 nitrogen and oxygen atoms in total. The maximum atomic E-state index is 12.5. The molecule has 1 aliphatic heterocycles. The number of rotatable bonds is 6. The zero-order valence-corrected chi connectivity index (χ0v) is 17.6. The van der Waals surface area contributed by atoms with E-state index in [-0.39, 0.29) is 11.9 Å². The minimum absolute atomic E-state index is 0.0905. The van der Waals surface area contributed by atoms with E-state index in [2.05, 4.69) is 41.4 Å². The highest BCUT2D eigenvalue weighted by Crippen LogP contribution is 2.25. The van der Waals surface area contributed by atoms with E-state index in [0.717, 1.165) is 24.6 Å². The van der Waals surface area contributed by atoms with Crippen molar-refractivity contribution in [3.63, 3.8) is 0 Å². The maximum Gasteiger partial charge on any atom is 0.261 e. The van der Waals surface area contributed by atoms with Crippen molar-refractivity contribution in [2.45, 2.75) is 45.8 Å². The van der Waals surface area contributed by atoms with Gasteiger partial charge in [0.2, 0.25) is 0 Å². The van der Waals surface area contributed by atoms with Gasteiger partial charge in [0, 0.05) is 23.8 Å². The van der Waals surface area contributed by atoms with E-state index in [9.17, 15) is 4.79 Å². The number of carbonyl (C=O) groups excluding carboxylic acids is 1. The molecule has 0 saturated carbocycles. The molecule has 0 bridgehead atoms. The van der Waals surface area contributed by atoms with Gasteiger partial charge in [-0.15, -0.1) is 0 Å². The van der Waals surface area contributed by atoms with Gasteiger partial charge in [0.05, 0.1) is 6.04 Å². The Morgan fingerprint density at radius 1 is 1.21 bits per heavy atom. The molecule has 1 heterocycles. The summed E-state index contributed by atoms with van der Waals surface area (Å²) in [5, 5.41) is 3.61. The van der Waals surface area contributed by atoms with E-state index in [0.29, 0.717) is 10.8 Å². The highest BCUT2D eigenvalue weighted by atomic mass is 35.5. The van der Waals surface area contributed by atoms with Crippen LogP contribution in [0.3, 0.4) is 0 Å². The average molecular weight is 401 g/mol. The fourth-order valence-electron chi connectivity index (χ4n) is 3.61. The number of amides is 1. The van der Waals surface area contributed by atoms with Gasteiger partial charge in [-0.1, -0.05) is 36.7 Å². The molecule has 5 heteroatoms. The standard InChI is InChI=1S/C23H29ClN2O2/c1-16-6-5-13-26(15-16)21-11-9-19(10-12-21)17(2)25-23(27)18(3)28-22-8-4-7-20(24)14-22/h4,7-12,14,16-18H,5-6,13,15H2,1-3H3,(H,25,27)/t16-,17+,18+/m1/s1. The molecule has 1 N–H and O–H groups in total. The fourth-order valence-corrected chi connectivity index (χ4v) is 3.79. The van der Waals surface area contributed by atoms with Gasteiger partial charge in [-0.2, -0.15) is 0 Å². The zero-order valence-electron chi connectivity index (χ0n) is 16.8. The molecular formula is C23H29ClN2O2. The predicted molar refractivity (Wildman–Crippen MR) is 115 cm³/mol. The predicted octanol–water partition coefficient (Wildman–Crippen LogP) is 5.22. The molecule has 0 spiro atoms. The lowest BCUT2D eigenvalue weighted by molar-refractivity contribution is -0.127. The van der Waals surface area contributed by atoms with Crippen LogP contribution >= 0.6 is 11.6 Å². The third kappa shape index (κ3) is 5.41. The first-order chi connectivity index (χ1) is 13.4. The topological polar surface area (TPSA) is 41.6 Å². The Morgan fingerprint density at radius 3 is 2.64 bits per heavy atom. The Morgan fingerprint density at radius 2 is 1.96 bits per heavy atom. The fraction of sp³-hybridized carbons (Fsp3) is 0.435. The Labute approximate surface area is 172 Å². The monoisotopic (exact) mass is 400 g/mol. The van der Waals surface area contributed by atoms with Crippen LogP contribution in [0.5, 0.6) is 5.75 Å². The van der Waals surface area contributed by atoms with E-state index < -0.39 is 6.10 Å². The van der Waals surface area contributed by atoms with E-state index in [1.165, 1.54) is 18.5 Å². The van der Waals surface area contributed by atoms with Gasteiger partial charge < -0.3 is 15.0 Å². The van der Waals surface area contributed by atoms with Crippen LogP contribution in [0.1, 0.15) is 45.2 Å². The summed E-state index contributed by atoms with van der Waals surface area (Å²) in [6.07, 6.45) is 1.96. The van der Waals surface area contributed by atoms with Crippen LogP contribution < -0.4 is 15.0 Å². The maximum absolute atomic E-state index is 12.5. The van der Waals surface area contributed by atoms with E-state index >= 15 is 0 Å². The summed E-state index contributed by atoms with van der Waals surface area (Å²) >= 11 is 5.97. The SMILES string of the molecule is C[C@@H]1CCCN(c2ccc([C@H](C)NC(=O)[C@H](C)Oc3cccc(Cl)c3)cc2)C1. The van der Waals surface area contributed by atoms with Crippen molar-refractivity contribution in [1.82, 2.24) is 5.32 Å². The van der Waals surface area contributed by atoms with Crippen LogP contribution in [-0.4, -0.2) is 25.1 Å². The van der Waals surface area contributed by atoms with Crippen LogP contribution in [-0.2, 0) is 4.79 Å². The Balaban J connectivity index is 1.56. The molecule has 1 aliphatic rings. The summed E-state index contributed by atoms with van der Waals surface area (Å²) in [7, 11) is 0. The third-order valence-electron chi connectivity index (χ3n) is 5.25. The zero-order chi connectivity index (χ0) is 20.1. The number of ether oxygens (including phenoxy) is 1. The van der Waals surface area contributed by atoms with Crippen LogP contribution in [0.4, 0.5) is 5.69 Å². The summed E-state index contributed by atoms with van der Waals surface area (Å²) in [4.78, 5) is 14.9. The van der Waals surface area contributed by atoms with Gasteiger partial charge in [0.1, 0.15) is 5.75 Å². The summed E-state index contributed by atoms with van der Waals surface area (Å²) in [5.74, 6) is 1.18. The quantitative estimate of drug-likeness (QED) is 0.722. The normalized spacial score (nSPS) is 19.0. The second kappa shape index (κ2) is 9.33. The van der Waals surface area contributed by atoms with E-state index in [4.69, 9.17) is 16.3 Å². The summed E-state index contributed by atoms with van der Waals surface area (Å²) in [6.45, 7) is 8.27. The van der Waals surface area contributed by atoms with Crippen molar-refractivity contribution < 1.29 is 9.53 Å². The molecule has 28 heavy (non-hydrogen) atoms. The first kappa shape index (κ1) is 20.5. The molecule has 150 valence electrons. The first-order valence-electron chi connectivity index (χ1n) is 10.00. The Bertz CT molecular complexity index is 793. The molecule has 0 radical (unpaired) electrons. The molecule has 0 aromatic heterocycles. The number of halogens is 1. The van der Waals surface area contributed by atoms with E-state index in [1.54, 1.807) is 31.2 Å². The lowest BCUT2D eigenvalue weighted by atomic mass is 9.99. The molecule has 2 aromatic rings. The average Bonchev–Trinajstić information content (AvgIpc) is 2.68. The molecule has 1 fully saturated rings. The molecule has 0 aliphatic carbocycles. The molecule has 0 unspecified atom stereocenters. The van der Waals surface area contributed by atoms with E-state index in [1.807, 2.05) is 6.92 Å². The summed E-state index contributed by atoms with van der Waals surface area (Å²) in [5.41, 5.74) is 2.34. The molecule has 1 saturated heterocycles. The minimum atomic E-state index is -0.602. The summed E-state index contributed by atoms with van der Waals surface area (Å²) in [6, 6.07) is 15.5. The number of anilines is 1. The van der Waals surface area contributed by atoms with Gasteiger partial charge in [0.15, 0.2) is 6.10 Å². The number of hydrogen-bond donors (Lipinski definition) is 1. The Hall–Kier alpha value is -2.20. The molecule has 1 amide bonds. The smallest absolute Gasteiger partial charge is 0.261 e.